The Morgan fingerprint density at radius 3 is 2.47 bits per heavy atom. The van der Waals surface area contributed by atoms with Crippen LogP contribution in [0.5, 0.6) is 0 Å². The van der Waals surface area contributed by atoms with Gasteiger partial charge in [-0.1, -0.05) is 30.0 Å². The summed E-state index contributed by atoms with van der Waals surface area (Å²) >= 11 is 1.40. The van der Waals surface area contributed by atoms with Crippen LogP contribution in [-0.2, 0) is 16.1 Å². The zero-order chi connectivity index (χ0) is 22.3. The van der Waals surface area contributed by atoms with Crippen LogP contribution >= 0.6 is 11.8 Å². The van der Waals surface area contributed by atoms with Crippen molar-refractivity contribution < 1.29 is 9.59 Å². The van der Waals surface area contributed by atoms with Crippen LogP contribution in [0.1, 0.15) is 19.8 Å². The maximum Gasteiger partial charge on any atom is 0.233 e. The lowest BCUT2D eigenvalue weighted by Crippen LogP contribution is -2.42. The van der Waals surface area contributed by atoms with Gasteiger partial charge in [-0.05, 0) is 44.0 Å². The SMILES string of the molecule is CCn1c(SCC(=O)N2CCC(C(=O)Nc3ccccc3)CC2)nnc1-c1ccncc1. The first-order valence-electron chi connectivity index (χ1n) is 10.8. The van der Waals surface area contributed by atoms with E-state index in [1.807, 2.05) is 58.9 Å². The summed E-state index contributed by atoms with van der Waals surface area (Å²) in [6.07, 6.45) is 4.80. The number of para-hydroxylation sites is 1. The Balaban J connectivity index is 1.28. The Hall–Kier alpha value is -3.20. The number of carbonyl (C=O) groups is 2. The monoisotopic (exact) mass is 450 g/mol. The van der Waals surface area contributed by atoms with Gasteiger partial charge in [0, 0.05) is 49.2 Å². The first-order chi connectivity index (χ1) is 15.7. The molecule has 3 aromatic rings. The number of piperidine rings is 1. The van der Waals surface area contributed by atoms with E-state index in [1.165, 1.54) is 11.8 Å². The van der Waals surface area contributed by atoms with E-state index in [9.17, 15) is 9.59 Å². The third-order valence-electron chi connectivity index (χ3n) is 5.56. The van der Waals surface area contributed by atoms with Gasteiger partial charge in [-0.25, -0.2) is 0 Å². The highest BCUT2D eigenvalue weighted by Crippen LogP contribution is 2.25. The molecule has 9 heteroatoms. The molecule has 1 fully saturated rings. The van der Waals surface area contributed by atoms with Crippen molar-refractivity contribution in [2.24, 2.45) is 5.92 Å². The zero-order valence-corrected chi connectivity index (χ0v) is 18.8. The molecule has 1 aliphatic heterocycles. The summed E-state index contributed by atoms with van der Waals surface area (Å²) in [6, 6.07) is 13.3. The molecule has 0 atom stereocenters. The van der Waals surface area contributed by atoms with Gasteiger partial charge in [-0.15, -0.1) is 10.2 Å². The van der Waals surface area contributed by atoms with E-state index in [2.05, 4.69) is 20.5 Å². The predicted octanol–water partition coefficient (Wildman–Crippen LogP) is 3.33. The van der Waals surface area contributed by atoms with Crippen molar-refractivity contribution in [3.05, 3.63) is 54.9 Å². The molecular weight excluding hydrogens is 424 g/mol. The number of nitrogens with one attached hydrogen (secondary N) is 1. The smallest absolute Gasteiger partial charge is 0.233 e. The summed E-state index contributed by atoms with van der Waals surface area (Å²) in [6.45, 7) is 3.93. The van der Waals surface area contributed by atoms with Crippen LogP contribution in [0.25, 0.3) is 11.4 Å². The number of pyridine rings is 1. The second-order valence-corrected chi connectivity index (χ2v) is 8.53. The molecule has 1 N–H and O–H groups in total. The van der Waals surface area contributed by atoms with Crippen LogP contribution in [0.15, 0.2) is 60.0 Å². The van der Waals surface area contributed by atoms with E-state index < -0.39 is 0 Å². The minimum absolute atomic E-state index is 0.0253. The fourth-order valence-electron chi connectivity index (χ4n) is 3.77. The van der Waals surface area contributed by atoms with Crippen LogP contribution in [0.2, 0.25) is 0 Å². The molecule has 2 aromatic heterocycles. The van der Waals surface area contributed by atoms with Crippen LogP contribution in [0.4, 0.5) is 5.69 Å². The predicted molar refractivity (Wildman–Crippen MR) is 124 cm³/mol. The first kappa shape index (κ1) is 22.0. The molecule has 3 heterocycles. The van der Waals surface area contributed by atoms with E-state index in [0.717, 1.165) is 22.2 Å². The second-order valence-electron chi connectivity index (χ2n) is 7.59. The van der Waals surface area contributed by atoms with Crippen molar-refractivity contribution >= 4 is 29.3 Å². The third-order valence-corrected chi connectivity index (χ3v) is 6.51. The highest BCUT2D eigenvalue weighted by molar-refractivity contribution is 7.99. The molecule has 1 aliphatic rings. The van der Waals surface area contributed by atoms with Gasteiger partial charge in [-0.2, -0.15) is 0 Å². The maximum atomic E-state index is 12.8. The minimum Gasteiger partial charge on any atom is -0.342 e. The average molecular weight is 451 g/mol. The Kier molecular flexibility index (Phi) is 7.16. The molecule has 0 spiro atoms. The molecule has 0 radical (unpaired) electrons. The lowest BCUT2D eigenvalue weighted by molar-refractivity contribution is -0.132. The standard InChI is InChI=1S/C23H26N6O2S/c1-2-29-21(17-8-12-24-13-9-17)26-27-23(29)32-16-20(30)28-14-10-18(11-15-28)22(31)25-19-6-4-3-5-7-19/h3-9,12-13,18H,2,10-11,14-16H2,1H3,(H,25,31). The third kappa shape index (κ3) is 5.16. The van der Waals surface area contributed by atoms with Gasteiger partial charge in [0.1, 0.15) is 0 Å². The molecule has 8 nitrogen and oxygen atoms in total. The summed E-state index contributed by atoms with van der Waals surface area (Å²) in [5.41, 5.74) is 1.75. The molecule has 2 amide bonds. The van der Waals surface area contributed by atoms with Gasteiger partial charge in [-0.3, -0.25) is 14.6 Å². The molecule has 166 valence electrons. The van der Waals surface area contributed by atoms with Gasteiger partial charge in [0.15, 0.2) is 11.0 Å². The van der Waals surface area contributed by atoms with Crippen molar-refractivity contribution in [3.8, 4) is 11.4 Å². The van der Waals surface area contributed by atoms with E-state index in [-0.39, 0.29) is 17.7 Å². The Morgan fingerprint density at radius 1 is 1.06 bits per heavy atom. The van der Waals surface area contributed by atoms with E-state index in [1.54, 1.807) is 12.4 Å². The number of rotatable bonds is 7. The number of anilines is 1. The number of carbonyl (C=O) groups excluding carboxylic acids is 2. The largest absolute Gasteiger partial charge is 0.342 e. The van der Waals surface area contributed by atoms with Crippen LogP contribution in [0, 0.1) is 5.92 Å². The minimum atomic E-state index is -0.0713. The lowest BCUT2D eigenvalue weighted by Gasteiger charge is -2.31. The lowest BCUT2D eigenvalue weighted by atomic mass is 9.96. The molecule has 1 aromatic carbocycles. The fraction of sp³-hybridized carbons (Fsp3) is 0.348. The quantitative estimate of drug-likeness (QED) is 0.555. The van der Waals surface area contributed by atoms with Crippen molar-refractivity contribution in [2.45, 2.75) is 31.5 Å². The molecule has 1 saturated heterocycles. The highest BCUT2D eigenvalue weighted by Gasteiger charge is 2.27. The molecule has 0 unspecified atom stereocenters. The molecule has 0 saturated carbocycles. The van der Waals surface area contributed by atoms with Crippen molar-refractivity contribution in [2.75, 3.05) is 24.2 Å². The van der Waals surface area contributed by atoms with Gasteiger partial charge in [0.2, 0.25) is 11.8 Å². The number of amides is 2. The molecule has 0 aliphatic carbocycles. The van der Waals surface area contributed by atoms with Gasteiger partial charge >= 0.3 is 0 Å². The number of likely N-dealkylation sites (tertiary alicyclic amines) is 1. The maximum absolute atomic E-state index is 12.8. The molecule has 4 rings (SSSR count). The Bertz CT molecular complexity index is 1050. The number of hydrogen-bond acceptors (Lipinski definition) is 6. The van der Waals surface area contributed by atoms with Crippen molar-refractivity contribution in [1.82, 2.24) is 24.6 Å². The topological polar surface area (TPSA) is 93.0 Å². The van der Waals surface area contributed by atoms with E-state index in [4.69, 9.17) is 0 Å². The number of hydrogen-bond donors (Lipinski definition) is 1. The zero-order valence-electron chi connectivity index (χ0n) is 18.0. The fourth-order valence-corrected chi connectivity index (χ4v) is 4.67. The number of aromatic nitrogens is 4. The Labute approximate surface area is 191 Å². The van der Waals surface area contributed by atoms with E-state index >= 15 is 0 Å². The Morgan fingerprint density at radius 2 is 1.78 bits per heavy atom. The molecule has 0 bridgehead atoms. The van der Waals surface area contributed by atoms with Crippen molar-refractivity contribution in [1.29, 1.82) is 0 Å². The number of benzene rings is 1. The normalized spacial score (nSPS) is 14.3. The summed E-state index contributed by atoms with van der Waals surface area (Å²) in [5.74, 6) is 1.09. The molecular formula is C23H26N6O2S. The summed E-state index contributed by atoms with van der Waals surface area (Å²) in [5, 5.41) is 12.3. The first-order valence-corrected chi connectivity index (χ1v) is 11.7. The van der Waals surface area contributed by atoms with Crippen molar-refractivity contribution in [3.63, 3.8) is 0 Å². The van der Waals surface area contributed by atoms with Crippen LogP contribution < -0.4 is 5.32 Å². The van der Waals surface area contributed by atoms with Gasteiger partial charge in [0.25, 0.3) is 0 Å². The van der Waals surface area contributed by atoms with Crippen LogP contribution in [-0.4, -0.2) is 55.3 Å². The number of nitrogens with zero attached hydrogens (tertiary/aromatic N) is 5. The van der Waals surface area contributed by atoms with Gasteiger partial charge < -0.3 is 14.8 Å². The molecule has 32 heavy (non-hydrogen) atoms. The number of thioether (sulfide) groups is 1. The van der Waals surface area contributed by atoms with Gasteiger partial charge in [0.05, 0.1) is 5.75 Å². The summed E-state index contributed by atoms with van der Waals surface area (Å²) in [4.78, 5) is 31.1. The summed E-state index contributed by atoms with van der Waals surface area (Å²) < 4.78 is 2.01. The van der Waals surface area contributed by atoms with Crippen LogP contribution in [0.3, 0.4) is 0 Å². The average Bonchev–Trinajstić information content (AvgIpc) is 3.26. The summed E-state index contributed by atoms with van der Waals surface area (Å²) in [7, 11) is 0. The van der Waals surface area contributed by atoms with E-state index in [0.29, 0.717) is 38.2 Å². The highest BCUT2D eigenvalue weighted by atomic mass is 32.2. The second kappa shape index (κ2) is 10.4.